The first-order valence-corrected chi connectivity index (χ1v) is 7.97. The number of hydrogen-bond donors (Lipinski definition) is 3. The first-order chi connectivity index (χ1) is 9.85. The van der Waals surface area contributed by atoms with Crippen LogP contribution in [0, 0.1) is 11.8 Å². The van der Waals surface area contributed by atoms with E-state index in [1.807, 2.05) is 6.07 Å². The highest BCUT2D eigenvalue weighted by molar-refractivity contribution is 5.48. The quantitative estimate of drug-likeness (QED) is 0.586. The van der Waals surface area contributed by atoms with Crippen molar-refractivity contribution in [3.05, 3.63) is 11.9 Å². The SMILES string of the molecule is CCC1CCC(Nc2cc(NN)nc(C(C)(C)C)n2)C1C. The Bertz CT molecular complexity index is 480. The van der Waals surface area contributed by atoms with Gasteiger partial charge in [-0.15, -0.1) is 0 Å². The van der Waals surface area contributed by atoms with Crippen molar-refractivity contribution >= 4 is 11.6 Å². The van der Waals surface area contributed by atoms with Crippen molar-refractivity contribution in [1.29, 1.82) is 0 Å². The van der Waals surface area contributed by atoms with Crippen molar-refractivity contribution in [1.82, 2.24) is 9.97 Å². The maximum absolute atomic E-state index is 5.54. The lowest BCUT2D eigenvalue weighted by Crippen LogP contribution is -2.27. The van der Waals surface area contributed by atoms with E-state index in [1.54, 1.807) is 0 Å². The van der Waals surface area contributed by atoms with Crippen molar-refractivity contribution in [2.45, 2.75) is 65.3 Å². The van der Waals surface area contributed by atoms with E-state index in [1.165, 1.54) is 19.3 Å². The first-order valence-electron chi connectivity index (χ1n) is 7.97. The van der Waals surface area contributed by atoms with Gasteiger partial charge in [-0.2, -0.15) is 0 Å². The van der Waals surface area contributed by atoms with Crippen molar-refractivity contribution in [2.24, 2.45) is 17.7 Å². The Morgan fingerprint density at radius 1 is 1.24 bits per heavy atom. The summed E-state index contributed by atoms with van der Waals surface area (Å²) in [5.74, 6) is 9.38. The summed E-state index contributed by atoms with van der Waals surface area (Å²) >= 11 is 0. The molecular weight excluding hydrogens is 262 g/mol. The second-order valence-corrected chi connectivity index (χ2v) is 7.21. The van der Waals surface area contributed by atoms with Gasteiger partial charge in [0.15, 0.2) is 0 Å². The van der Waals surface area contributed by atoms with Crippen LogP contribution in [-0.2, 0) is 5.41 Å². The van der Waals surface area contributed by atoms with Crippen LogP contribution in [0.1, 0.15) is 59.7 Å². The number of rotatable bonds is 4. The summed E-state index contributed by atoms with van der Waals surface area (Å²) in [6.45, 7) is 10.9. The molecule has 0 aromatic carbocycles. The summed E-state index contributed by atoms with van der Waals surface area (Å²) in [6.07, 6.45) is 3.76. The third-order valence-corrected chi connectivity index (χ3v) is 4.63. The van der Waals surface area contributed by atoms with Crippen LogP contribution in [0.25, 0.3) is 0 Å². The summed E-state index contributed by atoms with van der Waals surface area (Å²) in [6, 6.07) is 2.38. The number of aromatic nitrogens is 2. The van der Waals surface area contributed by atoms with Gasteiger partial charge in [0.1, 0.15) is 17.5 Å². The van der Waals surface area contributed by atoms with Crippen molar-refractivity contribution in [3.8, 4) is 0 Å². The first kappa shape index (κ1) is 16.0. The lowest BCUT2D eigenvalue weighted by atomic mass is 9.93. The normalized spacial score (nSPS) is 25.9. The minimum Gasteiger partial charge on any atom is -0.367 e. The second kappa shape index (κ2) is 6.18. The Kier molecular flexibility index (Phi) is 4.71. The van der Waals surface area contributed by atoms with E-state index in [2.05, 4.69) is 55.3 Å². The average Bonchev–Trinajstić information content (AvgIpc) is 2.78. The molecule has 5 nitrogen and oxygen atoms in total. The molecule has 0 bridgehead atoms. The highest BCUT2D eigenvalue weighted by atomic mass is 15.3. The van der Waals surface area contributed by atoms with Crippen molar-refractivity contribution < 1.29 is 0 Å². The Balaban J connectivity index is 2.20. The molecule has 0 aliphatic heterocycles. The van der Waals surface area contributed by atoms with Crippen LogP contribution in [0.3, 0.4) is 0 Å². The van der Waals surface area contributed by atoms with E-state index in [4.69, 9.17) is 5.84 Å². The van der Waals surface area contributed by atoms with E-state index < -0.39 is 0 Å². The van der Waals surface area contributed by atoms with Gasteiger partial charge in [0.25, 0.3) is 0 Å². The van der Waals surface area contributed by atoms with Crippen LogP contribution >= 0.6 is 0 Å². The van der Waals surface area contributed by atoms with E-state index in [0.717, 1.165) is 17.6 Å². The number of nitrogen functional groups attached to an aromatic ring is 1. The number of anilines is 2. The fourth-order valence-electron chi connectivity index (χ4n) is 3.15. The molecule has 5 heteroatoms. The molecule has 1 aliphatic rings. The Hall–Kier alpha value is -1.36. The smallest absolute Gasteiger partial charge is 0.145 e. The van der Waals surface area contributed by atoms with Gasteiger partial charge in [-0.1, -0.05) is 41.0 Å². The molecule has 4 N–H and O–H groups in total. The number of hydrazine groups is 1. The molecule has 21 heavy (non-hydrogen) atoms. The van der Waals surface area contributed by atoms with Crippen molar-refractivity contribution in [3.63, 3.8) is 0 Å². The molecule has 118 valence electrons. The van der Waals surface area contributed by atoms with E-state index in [-0.39, 0.29) is 5.41 Å². The summed E-state index contributed by atoms with van der Waals surface area (Å²) in [4.78, 5) is 9.14. The molecule has 1 aromatic heterocycles. The van der Waals surface area contributed by atoms with E-state index in [0.29, 0.717) is 17.8 Å². The molecule has 1 saturated carbocycles. The number of nitrogens with one attached hydrogen (secondary N) is 2. The summed E-state index contributed by atoms with van der Waals surface area (Å²) in [5, 5.41) is 3.60. The lowest BCUT2D eigenvalue weighted by Gasteiger charge is -2.23. The Labute approximate surface area is 128 Å². The van der Waals surface area contributed by atoms with Gasteiger partial charge in [-0.05, 0) is 24.7 Å². The van der Waals surface area contributed by atoms with Gasteiger partial charge in [0.05, 0.1) is 0 Å². The molecule has 2 rings (SSSR count). The molecule has 0 spiro atoms. The fraction of sp³-hybridized carbons (Fsp3) is 0.750. The zero-order valence-corrected chi connectivity index (χ0v) is 13.9. The van der Waals surface area contributed by atoms with Crippen LogP contribution in [0.4, 0.5) is 11.6 Å². The van der Waals surface area contributed by atoms with Gasteiger partial charge >= 0.3 is 0 Å². The Morgan fingerprint density at radius 3 is 2.43 bits per heavy atom. The van der Waals surface area contributed by atoms with Crippen LogP contribution in [0.5, 0.6) is 0 Å². The minimum absolute atomic E-state index is 0.101. The van der Waals surface area contributed by atoms with Crippen LogP contribution in [0.15, 0.2) is 6.07 Å². The topological polar surface area (TPSA) is 75.9 Å². The molecule has 1 aromatic rings. The molecular formula is C16H29N5. The molecule has 3 atom stereocenters. The highest BCUT2D eigenvalue weighted by Crippen LogP contribution is 2.35. The maximum atomic E-state index is 5.54. The number of hydrogen-bond acceptors (Lipinski definition) is 5. The lowest BCUT2D eigenvalue weighted by molar-refractivity contribution is 0.391. The van der Waals surface area contributed by atoms with Gasteiger partial charge in [0, 0.05) is 17.5 Å². The van der Waals surface area contributed by atoms with Gasteiger partial charge < -0.3 is 10.7 Å². The van der Waals surface area contributed by atoms with Gasteiger partial charge in [-0.3, -0.25) is 0 Å². The molecule has 1 heterocycles. The van der Waals surface area contributed by atoms with Crippen LogP contribution < -0.4 is 16.6 Å². The fourth-order valence-corrected chi connectivity index (χ4v) is 3.15. The standard InChI is InChI=1S/C16H29N5/c1-6-11-7-8-12(10(11)2)18-13-9-14(21-17)20-15(19-13)16(3,4)5/h9-12H,6-8,17H2,1-5H3,(H2,18,19,20,21). The molecule has 0 saturated heterocycles. The zero-order chi connectivity index (χ0) is 15.6. The molecule has 0 radical (unpaired) electrons. The molecule has 1 aliphatic carbocycles. The van der Waals surface area contributed by atoms with Crippen LogP contribution in [-0.4, -0.2) is 16.0 Å². The third-order valence-electron chi connectivity index (χ3n) is 4.63. The summed E-state index contributed by atoms with van der Waals surface area (Å²) in [7, 11) is 0. The third kappa shape index (κ3) is 3.64. The second-order valence-electron chi connectivity index (χ2n) is 7.21. The molecule has 0 amide bonds. The molecule has 1 fully saturated rings. The number of nitrogens with two attached hydrogens (primary N) is 1. The predicted octanol–water partition coefficient (Wildman–Crippen LogP) is 3.30. The summed E-state index contributed by atoms with van der Waals surface area (Å²) < 4.78 is 0. The maximum Gasteiger partial charge on any atom is 0.145 e. The van der Waals surface area contributed by atoms with Crippen LogP contribution in [0.2, 0.25) is 0 Å². The average molecular weight is 291 g/mol. The number of nitrogens with zero attached hydrogens (tertiary/aromatic N) is 2. The predicted molar refractivity (Wildman–Crippen MR) is 88.1 cm³/mol. The monoisotopic (exact) mass is 291 g/mol. The highest BCUT2D eigenvalue weighted by Gasteiger charge is 2.32. The van der Waals surface area contributed by atoms with E-state index >= 15 is 0 Å². The van der Waals surface area contributed by atoms with E-state index in [9.17, 15) is 0 Å². The largest absolute Gasteiger partial charge is 0.367 e. The zero-order valence-electron chi connectivity index (χ0n) is 13.9. The van der Waals surface area contributed by atoms with Crippen molar-refractivity contribution in [2.75, 3.05) is 10.7 Å². The Morgan fingerprint density at radius 2 is 1.90 bits per heavy atom. The minimum atomic E-state index is -0.101. The van der Waals surface area contributed by atoms with Gasteiger partial charge in [0.2, 0.25) is 0 Å². The summed E-state index contributed by atoms with van der Waals surface area (Å²) in [5.41, 5.74) is 2.54. The van der Waals surface area contributed by atoms with Gasteiger partial charge in [-0.25, -0.2) is 15.8 Å². The molecule has 3 unspecified atom stereocenters.